The molecule has 0 aliphatic carbocycles. The highest BCUT2D eigenvalue weighted by Crippen LogP contribution is 2.40. The smallest absolute Gasteiger partial charge is 0.231 e. The van der Waals surface area contributed by atoms with Crippen molar-refractivity contribution in [1.82, 2.24) is 0 Å². The number of aryl methyl sites for hydroxylation is 1. The first-order chi connectivity index (χ1) is 15.1. The zero-order valence-corrected chi connectivity index (χ0v) is 17.7. The second-order valence-electron chi connectivity index (χ2n) is 7.81. The summed E-state index contributed by atoms with van der Waals surface area (Å²) in [5, 5.41) is 3.16. The molecule has 0 spiro atoms. The molecule has 0 saturated heterocycles. The number of hydrogen-bond donors (Lipinski definition) is 1. The minimum absolute atomic E-state index is 0.248. The molecule has 1 unspecified atom stereocenters. The monoisotopic (exact) mass is 415 g/mol. The number of rotatable bonds is 8. The number of terminal acetylenes is 1. The Hall–Kier alpha value is -3.45. The molecule has 0 fully saturated rings. The van der Waals surface area contributed by atoms with Gasteiger partial charge < -0.3 is 14.8 Å². The van der Waals surface area contributed by atoms with Crippen LogP contribution >= 0.6 is 0 Å². The van der Waals surface area contributed by atoms with E-state index >= 15 is 0 Å². The second-order valence-corrected chi connectivity index (χ2v) is 7.81. The van der Waals surface area contributed by atoms with E-state index in [0.717, 1.165) is 54.0 Å². The normalized spacial score (nSPS) is 14.0. The highest BCUT2D eigenvalue weighted by Gasteiger charge is 2.29. The molecule has 1 heterocycles. The minimum Gasteiger partial charge on any atom is -0.454 e. The van der Waals surface area contributed by atoms with E-state index in [1.165, 1.54) is 6.07 Å². The molecule has 4 heteroatoms. The molecule has 3 aromatic carbocycles. The van der Waals surface area contributed by atoms with E-state index in [1.54, 1.807) is 0 Å². The van der Waals surface area contributed by atoms with Gasteiger partial charge in [0.05, 0.1) is 11.1 Å². The van der Waals surface area contributed by atoms with E-state index in [-0.39, 0.29) is 18.0 Å². The highest BCUT2D eigenvalue weighted by atomic mass is 19.1. The van der Waals surface area contributed by atoms with Crippen molar-refractivity contribution in [2.45, 2.75) is 38.0 Å². The van der Waals surface area contributed by atoms with Gasteiger partial charge in [0.15, 0.2) is 11.5 Å². The number of anilines is 2. The molecule has 0 amide bonds. The Labute approximate surface area is 183 Å². The van der Waals surface area contributed by atoms with Crippen molar-refractivity contribution in [3.63, 3.8) is 0 Å². The molecule has 1 aliphatic heterocycles. The molecule has 0 saturated carbocycles. The van der Waals surface area contributed by atoms with Crippen LogP contribution in [-0.4, -0.2) is 6.79 Å². The summed E-state index contributed by atoms with van der Waals surface area (Å²) in [6, 6.07) is 20.8. The fraction of sp³-hybridized carbons (Fsp3) is 0.259. The molecule has 1 N–H and O–H groups in total. The maximum Gasteiger partial charge on any atom is 0.231 e. The number of ether oxygens (including phenoxy) is 2. The Bertz CT molecular complexity index is 1090. The maximum atomic E-state index is 14.3. The van der Waals surface area contributed by atoms with Gasteiger partial charge in [0, 0.05) is 5.69 Å². The first-order valence-corrected chi connectivity index (χ1v) is 10.6. The van der Waals surface area contributed by atoms with Gasteiger partial charge >= 0.3 is 0 Å². The average Bonchev–Trinajstić information content (AvgIpc) is 3.28. The van der Waals surface area contributed by atoms with Crippen LogP contribution in [0.4, 0.5) is 15.8 Å². The van der Waals surface area contributed by atoms with Gasteiger partial charge in [-0.1, -0.05) is 43.2 Å². The van der Waals surface area contributed by atoms with E-state index in [1.807, 2.05) is 60.7 Å². The molecule has 3 aromatic rings. The number of nitrogens with one attached hydrogen (secondary N) is 1. The highest BCUT2D eigenvalue weighted by molar-refractivity contribution is 5.60. The maximum absolute atomic E-state index is 14.3. The van der Waals surface area contributed by atoms with Gasteiger partial charge in [-0.3, -0.25) is 0 Å². The molecule has 1 atom stereocenters. The zero-order chi connectivity index (χ0) is 21.7. The SMILES string of the molecule is C#CC(CC)(CCCc1ccc(F)c(Nc2ccccc2)c1)c1ccc2c(c1)OCO2. The van der Waals surface area contributed by atoms with Gasteiger partial charge in [0.25, 0.3) is 0 Å². The summed E-state index contributed by atoms with van der Waals surface area (Å²) < 4.78 is 25.3. The molecule has 4 rings (SSSR count). The summed E-state index contributed by atoms with van der Waals surface area (Å²) in [6.07, 6.45) is 9.39. The van der Waals surface area contributed by atoms with E-state index < -0.39 is 0 Å². The number of fused-ring (bicyclic) bond motifs is 1. The summed E-state index contributed by atoms with van der Waals surface area (Å²) in [6.45, 7) is 2.36. The van der Waals surface area contributed by atoms with E-state index in [9.17, 15) is 4.39 Å². The Morgan fingerprint density at radius 1 is 1.03 bits per heavy atom. The third-order valence-electron chi connectivity index (χ3n) is 5.96. The van der Waals surface area contributed by atoms with Crippen LogP contribution in [0.15, 0.2) is 66.7 Å². The quantitative estimate of drug-likeness (QED) is 0.420. The summed E-state index contributed by atoms with van der Waals surface area (Å²) in [7, 11) is 0. The van der Waals surface area contributed by atoms with Gasteiger partial charge in [-0.25, -0.2) is 4.39 Å². The fourth-order valence-electron chi connectivity index (χ4n) is 4.07. The molecule has 0 radical (unpaired) electrons. The van der Waals surface area contributed by atoms with Crippen LogP contribution < -0.4 is 14.8 Å². The van der Waals surface area contributed by atoms with E-state index in [2.05, 4.69) is 18.2 Å². The Balaban J connectivity index is 1.46. The summed E-state index contributed by atoms with van der Waals surface area (Å²) in [5.41, 5.74) is 3.13. The van der Waals surface area contributed by atoms with Gasteiger partial charge in [0.1, 0.15) is 5.82 Å². The predicted octanol–water partition coefficient (Wildman–Crippen LogP) is 6.60. The average molecular weight is 416 g/mol. The third-order valence-corrected chi connectivity index (χ3v) is 5.96. The first-order valence-electron chi connectivity index (χ1n) is 10.6. The van der Waals surface area contributed by atoms with Crippen LogP contribution in [0.25, 0.3) is 0 Å². The number of hydrogen-bond acceptors (Lipinski definition) is 3. The lowest BCUT2D eigenvalue weighted by atomic mass is 9.74. The lowest BCUT2D eigenvalue weighted by Gasteiger charge is -2.28. The predicted molar refractivity (Wildman–Crippen MR) is 122 cm³/mol. The molecule has 0 bridgehead atoms. The lowest BCUT2D eigenvalue weighted by molar-refractivity contribution is 0.174. The van der Waals surface area contributed by atoms with Gasteiger partial charge in [-0.05, 0) is 73.2 Å². The molecule has 31 heavy (non-hydrogen) atoms. The standard InChI is InChI=1S/C27H26FNO2/c1-3-27(4-2,21-13-15-25-26(18-21)31-19-30-25)16-8-9-20-12-14-23(28)24(17-20)29-22-10-6-5-7-11-22/h1,5-7,10-15,17-18,29H,4,8-9,16,19H2,2H3. The summed E-state index contributed by atoms with van der Waals surface area (Å²) in [4.78, 5) is 0. The molecule has 0 aromatic heterocycles. The Kier molecular flexibility index (Phi) is 6.13. The van der Waals surface area contributed by atoms with Crippen molar-refractivity contribution >= 4 is 11.4 Å². The van der Waals surface area contributed by atoms with Crippen LogP contribution in [0.3, 0.4) is 0 Å². The van der Waals surface area contributed by atoms with E-state index in [0.29, 0.717) is 5.69 Å². The van der Waals surface area contributed by atoms with Crippen molar-refractivity contribution in [2.24, 2.45) is 0 Å². The largest absolute Gasteiger partial charge is 0.454 e. The molecular weight excluding hydrogens is 389 g/mol. The molecule has 3 nitrogen and oxygen atoms in total. The van der Waals surface area contributed by atoms with Crippen molar-refractivity contribution in [3.05, 3.63) is 83.7 Å². The number of halogens is 1. The zero-order valence-electron chi connectivity index (χ0n) is 17.7. The molecule has 158 valence electrons. The van der Waals surface area contributed by atoms with Crippen molar-refractivity contribution in [3.8, 4) is 23.8 Å². The van der Waals surface area contributed by atoms with Gasteiger partial charge in [-0.2, -0.15) is 0 Å². The molecular formula is C27H26FNO2. The third kappa shape index (κ3) is 4.51. The van der Waals surface area contributed by atoms with Crippen LogP contribution in [0, 0.1) is 18.2 Å². The van der Waals surface area contributed by atoms with Crippen LogP contribution in [0.1, 0.15) is 37.3 Å². The summed E-state index contributed by atoms with van der Waals surface area (Å²) >= 11 is 0. The topological polar surface area (TPSA) is 30.5 Å². The van der Waals surface area contributed by atoms with Crippen molar-refractivity contribution in [2.75, 3.05) is 12.1 Å². The Morgan fingerprint density at radius 2 is 1.84 bits per heavy atom. The first kappa shape index (κ1) is 20.8. The summed E-state index contributed by atoms with van der Waals surface area (Å²) in [5.74, 6) is 4.29. The molecule has 1 aliphatic rings. The number of para-hydroxylation sites is 1. The Morgan fingerprint density at radius 3 is 2.61 bits per heavy atom. The van der Waals surface area contributed by atoms with E-state index in [4.69, 9.17) is 15.9 Å². The minimum atomic E-state index is -0.369. The van der Waals surface area contributed by atoms with Crippen LogP contribution in [0.5, 0.6) is 11.5 Å². The van der Waals surface area contributed by atoms with Crippen LogP contribution in [0.2, 0.25) is 0 Å². The number of benzene rings is 3. The van der Waals surface area contributed by atoms with Crippen molar-refractivity contribution in [1.29, 1.82) is 0 Å². The van der Waals surface area contributed by atoms with Gasteiger partial charge in [0.2, 0.25) is 6.79 Å². The van der Waals surface area contributed by atoms with Gasteiger partial charge in [-0.15, -0.1) is 6.42 Å². The van der Waals surface area contributed by atoms with Crippen molar-refractivity contribution < 1.29 is 13.9 Å². The lowest BCUT2D eigenvalue weighted by Crippen LogP contribution is -2.23. The van der Waals surface area contributed by atoms with Crippen LogP contribution in [-0.2, 0) is 11.8 Å². The fourth-order valence-corrected chi connectivity index (χ4v) is 4.07. The second kappa shape index (κ2) is 9.14.